The summed E-state index contributed by atoms with van der Waals surface area (Å²) < 4.78 is 0.461. The molecule has 1 aromatic rings. The summed E-state index contributed by atoms with van der Waals surface area (Å²) in [4.78, 5) is 34.2. The molecule has 0 aliphatic carbocycles. The lowest BCUT2D eigenvalue weighted by Gasteiger charge is -1.95. The van der Waals surface area contributed by atoms with Gasteiger partial charge in [-0.2, -0.15) is 0 Å². The van der Waals surface area contributed by atoms with E-state index in [1.807, 2.05) is 4.98 Å². The van der Waals surface area contributed by atoms with E-state index >= 15 is 0 Å². The van der Waals surface area contributed by atoms with Crippen molar-refractivity contribution < 1.29 is 4.79 Å². The van der Waals surface area contributed by atoms with Crippen LogP contribution in [0.2, 0.25) is 0 Å². The molecule has 1 heterocycles. The second-order valence-electron chi connectivity index (χ2n) is 1.98. The van der Waals surface area contributed by atoms with E-state index in [2.05, 4.69) is 21.0 Å². The van der Waals surface area contributed by atoms with Gasteiger partial charge in [-0.15, -0.1) is 9.78 Å². The third-order valence-electron chi connectivity index (χ3n) is 1.09. The molecule has 0 radical (unpaired) electrons. The lowest BCUT2D eigenvalue weighted by atomic mass is 10.7. The maximum Gasteiger partial charge on any atom is 0.352 e. The van der Waals surface area contributed by atoms with Crippen molar-refractivity contribution in [3.63, 3.8) is 0 Å². The van der Waals surface area contributed by atoms with Crippen LogP contribution in [0.15, 0.2) is 14.2 Å². The third kappa shape index (κ3) is 1.50. The molecule has 0 amide bonds. The van der Waals surface area contributed by atoms with Gasteiger partial charge in [0.05, 0.1) is 0 Å². The molecule has 64 valence electrons. The summed E-state index contributed by atoms with van der Waals surface area (Å²) in [6.45, 7) is 1.17. The lowest BCUT2D eigenvalue weighted by Crippen LogP contribution is -2.35. The summed E-state index contributed by atoms with van der Waals surface area (Å²) in [5.41, 5.74) is -1.49. The van der Waals surface area contributed by atoms with E-state index in [-0.39, 0.29) is 4.60 Å². The van der Waals surface area contributed by atoms with Crippen LogP contribution in [0.3, 0.4) is 0 Å². The summed E-state index contributed by atoms with van der Waals surface area (Å²) in [5.74, 6) is -0.558. The van der Waals surface area contributed by atoms with Crippen molar-refractivity contribution in [2.45, 2.75) is 6.92 Å². The predicted molar refractivity (Wildman–Crippen MR) is 43.1 cm³/mol. The van der Waals surface area contributed by atoms with Gasteiger partial charge in [0.2, 0.25) is 5.91 Å². The number of hydrogen-bond acceptors (Lipinski definition) is 4. The Hall–Kier alpha value is -1.24. The maximum atomic E-state index is 10.8. The highest BCUT2D eigenvalue weighted by Crippen LogP contribution is 1.91. The van der Waals surface area contributed by atoms with Gasteiger partial charge in [0, 0.05) is 6.92 Å². The van der Waals surface area contributed by atoms with Crippen molar-refractivity contribution in [3.8, 4) is 0 Å². The smallest absolute Gasteiger partial charge is 0.273 e. The fraction of sp³-hybridized carbons (Fsp3) is 0.200. The predicted octanol–water partition coefficient (Wildman–Crippen LogP) is -0.646. The molecule has 1 rings (SSSR count). The van der Waals surface area contributed by atoms with Gasteiger partial charge in [-0.25, -0.2) is 4.79 Å². The van der Waals surface area contributed by atoms with Crippen LogP contribution < -0.4 is 11.2 Å². The molecule has 1 aromatic heterocycles. The van der Waals surface area contributed by atoms with Crippen molar-refractivity contribution in [2.75, 3.05) is 0 Å². The summed E-state index contributed by atoms with van der Waals surface area (Å²) >= 11 is 2.78. The Morgan fingerprint density at radius 3 is 2.67 bits per heavy atom. The molecular formula is C5H4BrN3O3. The second kappa shape index (κ2) is 3.02. The molecule has 0 aromatic carbocycles. The summed E-state index contributed by atoms with van der Waals surface area (Å²) in [6.07, 6.45) is 0. The van der Waals surface area contributed by atoms with Gasteiger partial charge in [0.15, 0.2) is 4.60 Å². The number of halogens is 1. The van der Waals surface area contributed by atoms with Gasteiger partial charge >= 0.3 is 5.69 Å². The minimum absolute atomic E-state index is 0.0997. The molecule has 0 aliphatic heterocycles. The molecule has 1 N–H and O–H groups in total. The van der Waals surface area contributed by atoms with Crippen molar-refractivity contribution >= 4 is 21.8 Å². The number of nitrogens with one attached hydrogen (secondary N) is 1. The van der Waals surface area contributed by atoms with Crippen molar-refractivity contribution in [1.82, 2.24) is 14.8 Å². The number of carbonyl (C=O) groups excluding carboxylic acids is 1. The van der Waals surface area contributed by atoms with Crippen LogP contribution in [0.25, 0.3) is 0 Å². The molecule has 0 unspecified atom stereocenters. The maximum absolute atomic E-state index is 10.8. The largest absolute Gasteiger partial charge is 0.352 e. The van der Waals surface area contributed by atoms with Crippen LogP contribution in [0, 0.1) is 0 Å². The molecule has 6 nitrogen and oxygen atoms in total. The molecule has 7 heteroatoms. The van der Waals surface area contributed by atoms with Crippen LogP contribution in [0.4, 0.5) is 0 Å². The minimum atomic E-state index is -0.837. The van der Waals surface area contributed by atoms with E-state index in [9.17, 15) is 14.4 Å². The van der Waals surface area contributed by atoms with Gasteiger partial charge in [0.25, 0.3) is 5.56 Å². The first-order valence-corrected chi connectivity index (χ1v) is 3.72. The van der Waals surface area contributed by atoms with Crippen LogP contribution in [-0.2, 0) is 0 Å². The zero-order valence-electron chi connectivity index (χ0n) is 6.00. The van der Waals surface area contributed by atoms with E-state index in [0.29, 0.717) is 4.68 Å². The highest BCUT2D eigenvalue weighted by atomic mass is 79.9. The standard InChI is InChI=1S/C5H4BrN3O3/c1-2(10)9-5(12)7-4(11)3(6)8-9/h1H3,(H,7,11,12). The number of aromatic amines is 1. The molecule has 0 bridgehead atoms. The fourth-order valence-electron chi connectivity index (χ4n) is 0.594. The first kappa shape index (κ1) is 8.85. The van der Waals surface area contributed by atoms with Crippen LogP contribution >= 0.6 is 15.9 Å². The number of carbonyl (C=O) groups is 1. The van der Waals surface area contributed by atoms with Crippen molar-refractivity contribution in [3.05, 3.63) is 25.4 Å². The number of aromatic nitrogens is 3. The molecule has 0 fully saturated rings. The average Bonchev–Trinajstić information content (AvgIpc) is 1.96. The Bertz CT molecular complexity index is 432. The Kier molecular flexibility index (Phi) is 2.22. The van der Waals surface area contributed by atoms with E-state index in [0.717, 1.165) is 0 Å². The molecule has 0 atom stereocenters. The zero-order valence-corrected chi connectivity index (χ0v) is 7.58. The van der Waals surface area contributed by atoms with E-state index < -0.39 is 17.2 Å². The van der Waals surface area contributed by atoms with E-state index in [4.69, 9.17) is 0 Å². The highest BCUT2D eigenvalue weighted by Gasteiger charge is 2.05. The summed E-state index contributed by atoms with van der Waals surface area (Å²) in [5, 5.41) is 3.40. The Morgan fingerprint density at radius 1 is 1.58 bits per heavy atom. The molecule has 0 spiro atoms. The highest BCUT2D eigenvalue weighted by molar-refractivity contribution is 9.10. The van der Waals surface area contributed by atoms with Gasteiger partial charge in [-0.3, -0.25) is 14.6 Å². The topological polar surface area (TPSA) is 84.8 Å². The minimum Gasteiger partial charge on any atom is -0.273 e. The van der Waals surface area contributed by atoms with Crippen molar-refractivity contribution in [2.24, 2.45) is 0 Å². The SMILES string of the molecule is CC(=O)n1nc(Br)c(=O)[nH]c1=O. The number of rotatable bonds is 0. The van der Waals surface area contributed by atoms with Crippen LogP contribution in [-0.4, -0.2) is 20.7 Å². The monoisotopic (exact) mass is 233 g/mol. The Balaban J connectivity index is 3.54. The first-order chi connectivity index (χ1) is 5.52. The molecule has 12 heavy (non-hydrogen) atoms. The Labute approximate surface area is 74.4 Å². The number of hydrogen-bond donors (Lipinski definition) is 1. The molecule has 0 saturated heterocycles. The summed E-state index contributed by atoms with van der Waals surface area (Å²) in [6, 6.07) is 0. The van der Waals surface area contributed by atoms with Gasteiger partial charge < -0.3 is 0 Å². The van der Waals surface area contributed by atoms with Gasteiger partial charge in [0.1, 0.15) is 0 Å². The third-order valence-corrected chi connectivity index (χ3v) is 1.60. The van der Waals surface area contributed by atoms with Crippen LogP contribution in [0.1, 0.15) is 11.7 Å². The second-order valence-corrected chi connectivity index (χ2v) is 2.73. The van der Waals surface area contributed by atoms with E-state index in [1.54, 1.807) is 0 Å². The number of H-pyrrole nitrogens is 1. The summed E-state index contributed by atoms with van der Waals surface area (Å²) in [7, 11) is 0. The van der Waals surface area contributed by atoms with E-state index in [1.165, 1.54) is 6.92 Å². The lowest BCUT2D eigenvalue weighted by molar-refractivity contribution is 0.0911. The normalized spacial score (nSPS) is 9.83. The molecule has 0 saturated carbocycles. The zero-order chi connectivity index (χ0) is 9.30. The fourth-order valence-corrected chi connectivity index (χ4v) is 0.851. The quantitative estimate of drug-likeness (QED) is 0.646. The van der Waals surface area contributed by atoms with Crippen LogP contribution in [0.5, 0.6) is 0 Å². The first-order valence-electron chi connectivity index (χ1n) is 2.92. The average molecular weight is 234 g/mol. The Morgan fingerprint density at radius 2 is 2.17 bits per heavy atom. The van der Waals surface area contributed by atoms with Gasteiger partial charge in [-0.1, -0.05) is 0 Å². The number of nitrogens with zero attached hydrogens (tertiary/aromatic N) is 2. The molecular weight excluding hydrogens is 230 g/mol. The van der Waals surface area contributed by atoms with Crippen molar-refractivity contribution in [1.29, 1.82) is 0 Å². The van der Waals surface area contributed by atoms with Gasteiger partial charge in [-0.05, 0) is 15.9 Å². The molecule has 0 aliphatic rings.